The first-order valence-electron chi connectivity index (χ1n) is 7.02. The molecule has 2 aromatic rings. The van der Waals surface area contributed by atoms with E-state index in [-0.39, 0.29) is 11.7 Å². The molecule has 0 N–H and O–H groups in total. The van der Waals surface area contributed by atoms with Gasteiger partial charge >= 0.3 is 0 Å². The van der Waals surface area contributed by atoms with Crippen molar-refractivity contribution in [3.63, 3.8) is 0 Å². The normalized spacial score (nSPS) is 10.2. The number of pyridine rings is 1. The van der Waals surface area contributed by atoms with Crippen molar-refractivity contribution >= 4 is 11.7 Å². The summed E-state index contributed by atoms with van der Waals surface area (Å²) in [6.07, 6.45) is 1.47. The third-order valence-electron chi connectivity index (χ3n) is 3.33. The van der Waals surface area contributed by atoms with E-state index < -0.39 is 0 Å². The largest absolute Gasteiger partial charge is 0.339 e. The first-order chi connectivity index (χ1) is 10.2. The number of ketones is 1. The summed E-state index contributed by atoms with van der Waals surface area (Å²) in [4.78, 5) is 30.2. The predicted octanol–water partition coefficient (Wildman–Crippen LogP) is 2.79. The molecular formula is C17H18N2O2. The van der Waals surface area contributed by atoms with E-state index in [2.05, 4.69) is 4.98 Å². The van der Waals surface area contributed by atoms with Crippen LogP contribution >= 0.6 is 0 Å². The predicted molar refractivity (Wildman–Crippen MR) is 81.4 cm³/mol. The summed E-state index contributed by atoms with van der Waals surface area (Å²) < 4.78 is 0. The van der Waals surface area contributed by atoms with Crippen LogP contribution in [0, 0.1) is 0 Å². The molecule has 0 saturated heterocycles. The van der Waals surface area contributed by atoms with Gasteiger partial charge in [0.25, 0.3) is 5.91 Å². The average molecular weight is 282 g/mol. The van der Waals surface area contributed by atoms with E-state index in [0.717, 1.165) is 0 Å². The van der Waals surface area contributed by atoms with E-state index >= 15 is 0 Å². The molecule has 1 aromatic carbocycles. The Morgan fingerprint density at radius 2 is 1.62 bits per heavy atom. The Kier molecular flexibility index (Phi) is 4.82. The lowest BCUT2D eigenvalue weighted by molar-refractivity contribution is 0.0772. The van der Waals surface area contributed by atoms with Gasteiger partial charge < -0.3 is 4.90 Å². The van der Waals surface area contributed by atoms with Crippen LogP contribution in [0.15, 0.2) is 48.7 Å². The molecule has 0 saturated carbocycles. The molecule has 0 atom stereocenters. The molecule has 4 heteroatoms. The van der Waals surface area contributed by atoms with Crippen molar-refractivity contribution in [1.82, 2.24) is 9.88 Å². The molecule has 1 heterocycles. The van der Waals surface area contributed by atoms with E-state index in [1.807, 2.05) is 32.0 Å². The third-order valence-corrected chi connectivity index (χ3v) is 3.33. The smallest absolute Gasteiger partial charge is 0.255 e. The quantitative estimate of drug-likeness (QED) is 0.792. The van der Waals surface area contributed by atoms with Crippen molar-refractivity contribution in [2.75, 3.05) is 13.1 Å². The molecule has 108 valence electrons. The fourth-order valence-electron chi connectivity index (χ4n) is 2.09. The number of nitrogens with zero attached hydrogens (tertiary/aromatic N) is 2. The van der Waals surface area contributed by atoms with Crippen LogP contribution in [0.3, 0.4) is 0 Å². The average Bonchev–Trinajstić information content (AvgIpc) is 2.56. The van der Waals surface area contributed by atoms with Gasteiger partial charge in [-0.3, -0.25) is 14.6 Å². The van der Waals surface area contributed by atoms with Crippen LogP contribution in [0.5, 0.6) is 0 Å². The van der Waals surface area contributed by atoms with Gasteiger partial charge in [-0.25, -0.2) is 0 Å². The number of rotatable bonds is 5. The summed E-state index contributed by atoms with van der Waals surface area (Å²) in [5, 5.41) is 0. The van der Waals surface area contributed by atoms with E-state index in [1.165, 1.54) is 6.20 Å². The van der Waals surface area contributed by atoms with Gasteiger partial charge in [-0.1, -0.05) is 30.3 Å². The van der Waals surface area contributed by atoms with Gasteiger partial charge in [0.15, 0.2) is 0 Å². The molecule has 2 rings (SSSR count). The Balaban J connectivity index is 2.20. The second-order valence-corrected chi connectivity index (χ2v) is 4.60. The second-order valence-electron chi connectivity index (χ2n) is 4.60. The molecule has 4 nitrogen and oxygen atoms in total. The maximum absolute atomic E-state index is 12.2. The first kappa shape index (κ1) is 14.9. The zero-order chi connectivity index (χ0) is 15.2. The number of carbonyl (C=O) groups is 2. The monoisotopic (exact) mass is 282 g/mol. The van der Waals surface area contributed by atoms with Crippen molar-refractivity contribution < 1.29 is 9.59 Å². The highest BCUT2D eigenvalue weighted by Crippen LogP contribution is 2.10. The highest BCUT2D eigenvalue weighted by atomic mass is 16.2. The van der Waals surface area contributed by atoms with E-state index in [0.29, 0.717) is 29.9 Å². The molecule has 1 amide bonds. The number of aromatic nitrogens is 1. The molecule has 0 unspecified atom stereocenters. The molecule has 1 aromatic heterocycles. The minimum absolute atomic E-state index is 0.0637. The highest BCUT2D eigenvalue weighted by Gasteiger charge is 2.15. The molecule has 0 bridgehead atoms. The van der Waals surface area contributed by atoms with Crippen LogP contribution in [0.1, 0.15) is 40.3 Å². The van der Waals surface area contributed by atoms with Crippen molar-refractivity contribution in [3.05, 3.63) is 65.5 Å². The van der Waals surface area contributed by atoms with Crippen LogP contribution in [-0.4, -0.2) is 34.7 Å². The van der Waals surface area contributed by atoms with E-state index in [4.69, 9.17) is 0 Å². The Morgan fingerprint density at radius 3 is 2.14 bits per heavy atom. The first-order valence-corrected chi connectivity index (χ1v) is 7.02. The number of hydrogen-bond acceptors (Lipinski definition) is 3. The van der Waals surface area contributed by atoms with E-state index in [9.17, 15) is 9.59 Å². The van der Waals surface area contributed by atoms with Crippen LogP contribution in [-0.2, 0) is 0 Å². The number of benzene rings is 1. The molecule has 0 fully saturated rings. The Hall–Kier alpha value is -2.49. The number of carbonyl (C=O) groups excluding carboxylic acids is 2. The summed E-state index contributed by atoms with van der Waals surface area (Å²) >= 11 is 0. The standard InChI is InChI=1S/C17H18N2O2/c1-3-19(4-2)17(21)14-10-11-15(18-12-14)16(20)13-8-6-5-7-9-13/h5-12H,3-4H2,1-2H3. The molecule has 21 heavy (non-hydrogen) atoms. The summed E-state index contributed by atoms with van der Waals surface area (Å²) in [6, 6.07) is 12.2. The van der Waals surface area contributed by atoms with Gasteiger partial charge in [-0.15, -0.1) is 0 Å². The van der Waals surface area contributed by atoms with Crippen molar-refractivity contribution in [2.45, 2.75) is 13.8 Å². The summed E-state index contributed by atoms with van der Waals surface area (Å²) in [6.45, 7) is 5.17. The molecule has 0 aliphatic carbocycles. The van der Waals surface area contributed by atoms with Crippen LogP contribution in [0.25, 0.3) is 0 Å². The zero-order valence-corrected chi connectivity index (χ0v) is 12.2. The molecular weight excluding hydrogens is 264 g/mol. The molecule has 0 aliphatic heterocycles. The van der Waals surface area contributed by atoms with Crippen molar-refractivity contribution in [2.24, 2.45) is 0 Å². The zero-order valence-electron chi connectivity index (χ0n) is 12.2. The van der Waals surface area contributed by atoms with Crippen LogP contribution < -0.4 is 0 Å². The maximum Gasteiger partial charge on any atom is 0.255 e. The fourth-order valence-corrected chi connectivity index (χ4v) is 2.09. The van der Waals surface area contributed by atoms with Gasteiger partial charge in [-0.05, 0) is 26.0 Å². The van der Waals surface area contributed by atoms with Gasteiger partial charge in [-0.2, -0.15) is 0 Å². The van der Waals surface area contributed by atoms with Crippen LogP contribution in [0.2, 0.25) is 0 Å². The Bertz CT molecular complexity index is 617. The van der Waals surface area contributed by atoms with Gasteiger partial charge in [0.05, 0.1) is 5.56 Å². The summed E-state index contributed by atoms with van der Waals surface area (Å²) in [5.74, 6) is -0.205. The molecule has 0 spiro atoms. The SMILES string of the molecule is CCN(CC)C(=O)c1ccc(C(=O)c2ccccc2)nc1. The number of hydrogen-bond donors (Lipinski definition) is 0. The van der Waals surface area contributed by atoms with Gasteiger partial charge in [0, 0.05) is 24.8 Å². The van der Waals surface area contributed by atoms with Crippen molar-refractivity contribution in [1.29, 1.82) is 0 Å². The Morgan fingerprint density at radius 1 is 0.952 bits per heavy atom. The highest BCUT2D eigenvalue weighted by molar-refractivity contribution is 6.08. The summed E-state index contributed by atoms with van der Waals surface area (Å²) in [5.41, 5.74) is 1.44. The lowest BCUT2D eigenvalue weighted by Crippen LogP contribution is -2.30. The van der Waals surface area contributed by atoms with Gasteiger partial charge in [0.2, 0.25) is 5.78 Å². The Labute approximate surface area is 124 Å². The second kappa shape index (κ2) is 6.79. The lowest BCUT2D eigenvalue weighted by atomic mass is 10.1. The van der Waals surface area contributed by atoms with E-state index in [1.54, 1.807) is 29.2 Å². The summed E-state index contributed by atoms with van der Waals surface area (Å²) in [7, 11) is 0. The van der Waals surface area contributed by atoms with Gasteiger partial charge in [0.1, 0.15) is 5.69 Å². The minimum atomic E-state index is -0.141. The number of amides is 1. The van der Waals surface area contributed by atoms with Crippen molar-refractivity contribution in [3.8, 4) is 0 Å². The fraction of sp³-hybridized carbons (Fsp3) is 0.235. The minimum Gasteiger partial charge on any atom is -0.339 e. The topological polar surface area (TPSA) is 50.3 Å². The lowest BCUT2D eigenvalue weighted by Gasteiger charge is -2.18. The van der Waals surface area contributed by atoms with Crippen LogP contribution in [0.4, 0.5) is 0 Å². The third kappa shape index (κ3) is 3.34. The molecule has 0 radical (unpaired) electrons. The molecule has 0 aliphatic rings. The maximum atomic E-state index is 12.2.